The Balaban J connectivity index is 0.000000292. The molecule has 0 amide bonds. The van der Waals surface area contributed by atoms with Gasteiger partial charge in [0, 0.05) is 12.7 Å². The van der Waals surface area contributed by atoms with Crippen LogP contribution in [0.1, 0.15) is 19.8 Å². The number of carbonyl (C=O) groups is 1. The highest BCUT2D eigenvalue weighted by atomic mass is 16.6. The lowest BCUT2D eigenvalue weighted by atomic mass is 10.4. The van der Waals surface area contributed by atoms with Gasteiger partial charge in [-0.2, -0.15) is 0 Å². The molecule has 0 bridgehead atoms. The van der Waals surface area contributed by atoms with Crippen molar-refractivity contribution in [3.05, 3.63) is 12.7 Å². The minimum absolute atomic E-state index is 0.147. The van der Waals surface area contributed by atoms with E-state index in [9.17, 15) is 4.79 Å². The van der Waals surface area contributed by atoms with Gasteiger partial charge in [0.15, 0.2) is 0 Å². The normalized spacial score (nSPS) is 17.7. The van der Waals surface area contributed by atoms with E-state index in [1.165, 1.54) is 0 Å². The van der Waals surface area contributed by atoms with Crippen molar-refractivity contribution in [1.29, 1.82) is 0 Å². The van der Waals surface area contributed by atoms with Crippen molar-refractivity contribution in [2.24, 2.45) is 0 Å². The van der Waals surface area contributed by atoms with Crippen molar-refractivity contribution in [3.63, 3.8) is 0 Å². The fourth-order valence-corrected chi connectivity index (χ4v) is 0.556. The van der Waals surface area contributed by atoms with Crippen LogP contribution in [-0.4, -0.2) is 37.0 Å². The van der Waals surface area contributed by atoms with E-state index in [0.717, 1.165) is 18.9 Å². The molecule has 1 rings (SSSR count). The lowest BCUT2D eigenvalue weighted by molar-refractivity contribution is -0.138. The molecule has 1 aliphatic rings. The van der Waals surface area contributed by atoms with Gasteiger partial charge in [0.2, 0.25) is 0 Å². The summed E-state index contributed by atoms with van der Waals surface area (Å²) in [5.74, 6) is -0.384. The number of ether oxygens (including phenoxy) is 2. The number of epoxide rings is 1. The van der Waals surface area contributed by atoms with Crippen LogP contribution < -0.4 is 0 Å². The zero-order valence-corrected chi connectivity index (χ0v) is 8.57. The third kappa shape index (κ3) is 9.22. The molecule has 4 nitrogen and oxygen atoms in total. The highest BCUT2D eigenvalue weighted by molar-refractivity contribution is 5.81. The van der Waals surface area contributed by atoms with Crippen LogP contribution in [0.15, 0.2) is 12.7 Å². The molecule has 14 heavy (non-hydrogen) atoms. The van der Waals surface area contributed by atoms with Crippen molar-refractivity contribution in [3.8, 4) is 0 Å². The van der Waals surface area contributed by atoms with Crippen LogP contribution in [0.2, 0.25) is 0 Å². The van der Waals surface area contributed by atoms with Gasteiger partial charge in [0.25, 0.3) is 0 Å². The summed E-state index contributed by atoms with van der Waals surface area (Å²) in [7, 11) is 0. The van der Waals surface area contributed by atoms with Crippen molar-refractivity contribution < 1.29 is 19.4 Å². The van der Waals surface area contributed by atoms with E-state index in [-0.39, 0.29) is 12.1 Å². The van der Waals surface area contributed by atoms with Gasteiger partial charge in [0.1, 0.15) is 12.7 Å². The first-order valence-corrected chi connectivity index (χ1v) is 4.76. The molecule has 1 atom stereocenters. The zero-order chi connectivity index (χ0) is 10.8. The molecule has 0 saturated carbocycles. The Labute approximate surface area is 84.5 Å². The predicted octanol–water partition coefficient (Wildman–Crippen LogP) is 0.893. The first-order valence-electron chi connectivity index (χ1n) is 4.76. The van der Waals surface area contributed by atoms with E-state index in [2.05, 4.69) is 18.2 Å². The molecule has 1 fully saturated rings. The van der Waals surface area contributed by atoms with Crippen molar-refractivity contribution >= 4 is 5.97 Å². The fraction of sp³-hybridized carbons (Fsp3) is 0.700. The highest BCUT2D eigenvalue weighted by Gasteiger charge is 2.23. The zero-order valence-electron chi connectivity index (χ0n) is 8.57. The molecule has 82 valence electrons. The summed E-state index contributed by atoms with van der Waals surface area (Å²) >= 11 is 0. The van der Waals surface area contributed by atoms with Crippen LogP contribution in [0.4, 0.5) is 0 Å². The van der Waals surface area contributed by atoms with Crippen LogP contribution in [0, 0.1) is 0 Å². The van der Waals surface area contributed by atoms with E-state index in [4.69, 9.17) is 9.84 Å². The molecule has 0 radical (unpaired) electrons. The molecular formula is C10H18O4. The molecule has 1 heterocycles. The average molecular weight is 202 g/mol. The first kappa shape index (κ1) is 13.1. The first-order chi connectivity index (χ1) is 6.74. The summed E-state index contributed by atoms with van der Waals surface area (Å²) in [6, 6.07) is 0. The highest BCUT2D eigenvalue weighted by Crippen LogP contribution is 2.08. The number of unbranched alkanes of at least 4 members (excludes halogenated alkanes) is 1. The quantitative estimate of drug-likeness (QED) is 0.408. The van der Waals surface area contributed by atoms with E-state index in [1.54, 1.807) is 0 Å². The van der Waals surface area contributed by atoms with Crippen LogP contribution in [0.5, 0.6) is 0 Å². The summed E-state index contributed by atoms with van der Waals surface area (Å²) in [5, 5.41) is 8.07. The van der Waals surface area contributed by atoms with Crippen LogP contribution in [0.3, 0.4) is 0 Å². The molecule has 4 heteroatoms. The summed E-state index contributed by atoms with van der Waals surface area (Å²) in [6.45, 7) is 6.72. The second kappa shape index (κ2) is 8.72. The van der Waals surface area contributed by atoms with Gasteiger partial charge in [-0.05, 0) is 6.42 Å². The number of aliphatic hydroxyl groups excluding tert-OH is 1. The Morgan fingerprint density at radius 2 is 2.43 bits per heavy atom. The maximum atomic E-state index is 10.3. The number of hydrogen-bond acceptors (Lipinski definition) is 4. The lowest BCUT2D eigenvalue weighted by Gasteiger charge is -1.94. The van der Waals surface area contributed by atoms with E-state index in [1.807, 2.05) is 0 Å². The maximum absolute atomic E-state index is 10.3. The second-order valence-corrected chi connectivity index (χ2v) is 2.87. The summed E-state index contributed by atoms with van der Waals surface area (Å²) in [5.41, 5.74) is 0. The van der Waals surface area contributed by atoms with Gasteiger partial charge in [-0.25, -0.2) is 4.79 Å². The van der Waals surface area contributed by atoms with E-state index >= 15 is 0 Å². The van der Waals surface area contributed by atoms with E-state index in [0.29, 0.717) is 19.8 Å². The smallest absolute Gasteiger partial charge is 0.330 e. The molecule has 0 aromatic rings. The Morgan fingerprint density at radius 3 is 2.71 bits per heavy atom. The third-order valence-corrected chi connectivity index (χ3v) is 1.49. The number of esters is 1. The monoisotopic (exact) mass is 202 g/mol. The fourth-order valence-electron chi connectivity index (χ4n) is 0.556. The van der Waals surface area contributed by atoms with Crippen LogP contribution in [0.25, 0.3) is 0 Å². The predicted molar refractivity (Wildman–Crippen MR) is 52.9 cm³/mol. The number of carbonyl (C=O) groups excluding carboxylic acids is 1. The Morgan fingerprint density at radius 1 is 1.79 bits per heavy atom. The lowest BCUT2D eigenvalue weighted by Crippen LogP contribution is -2.06. The Hall–Kier alpha value is -0.870. The molecule has 0 aromatic heterocycles. The van der Waals surface area contributed by atoms with Crippen molar-refractivity contribution in [1.82, 2.24) is 0 Å². The van der Waals surface area contributed by atoms with E-state index < -0.39 is 0 Å². The van der Waals surface area contributed by atoms with Gasteiger partial charge >= 0.3 is 5.97 Å². The molecule has 1 saturated heterocycles. The minimum atomic E-state index is -0.384. The standard InChI is InChI=1S/C6H8O3.C4H10O/c1-2-6(7)9-4-5-3-8-5;1-2-3-4-5/h2,5H,1,3-4H2;5H,2-4H2,1H3. The summed E-state index contributed by atoms with van der Waals surface area (Å²) in [6.07, 6.45) is 3.33. The second-order valence-electron chi connectivity index (χ2n) is 2.87. The van der Waals surface area contributed by atoms with Gasteiger partial charge in [-0.3, -0.25) is 0 Å². The molecule has 0 aliphatic carbocycles. The number of rotatable bonds is 5. The van der Waals surface area contributed by atoms with Crippen molar-refractivity contribution in [2.75, 3.05) is 19.8 Å². The summed E-state index contributed by atoms with van der Waals surface area (Å²) in [4.78, 5) is 10.3. The van der Waals surface area contributed by atoms with Crippen LogP contribution in [-0.2, 0) is 14.3 Å². The topological polar surface area (TPSA) is 59.1 Å². The third-order valence-electron chi connectivity index (χ3n) is 1.49. The molecule has 1 unspecified atom stereocenters. The maximum Gasteiger partial charge on any atom is 0.330 e. The summed E-state index contributed by atoms with van der Waals surface area (Å²) < 4.78 is 9.42. The Kier molecular flexibility index (Phi) is 8.17. The minimum Gasteiger partial charge on any atom is -0.460 e. The molecule has 0 spiro atoms. The SMILES string of the molecule is C=CC(=O)OCC1CO1.CCCCO. The molecule has 1 aliphatic heterocycles. The number of hydrogen-bond donors (Lipinski definition) is 1. The van der Waals surface area contributed by atoms with Crippen LogP contribution >= 0.6 is 0 Å². The van der Waals surface area contributed by atoms with Gasteiger partial charge in [-0.1, -0.05) is 19.9 Å². The van der Waals surface area contributed by atoms with Gasteiger partial charge in [0.05, 0.1) is 6.61 Å². The number of aliphatic hydroxyl groups is 1. The van der Waals surface area contributed by atoms with Crippen molar-refractivity contribution in [2.45, 2.75) is 25.9 Å². The van der Waals surface area contributed by atoms with Gasteiger partial charge < -0.3 is 14.6 Å². The molecule has 1 N–H and O–H groups in total. The van der Waals surface area contributed by atoms with Gasteiger partial charge in [-0.15, -0.1) is 0 Å². The largest absolute Gasteiger partial charge is 0.460 e. The Bertz CT molecular complexity index is 162. The molecule has 0 aromatic carbocycles. The molecular weight excluding hydrogens is 184 g/mol. The average Bonchev–Trinajstić information content (AvgIpc) is 3.00.